The highest BCUT2D eigenvalue weighted by atomic mass is 32.1. The quantitative estimate of drug-likeness (QED) is 0.551. The molecule has 6 heteroatoms. The van der Waals surface area contributed by atoms with Crippen molar-refractivity contribution >= 4 is 29.1 Å². The molecule has 1 saturated carbocycles. The maximum Gasteiger partial charge on any atom is 0.243 e. The Kier molecular flexibility index (Phi) is 4.53. The van der Waals surface area contributed by atoms with Crippen LogP contribution in [0.4, 0.5) is 0 Å². The van der Waals surface area contributed by atoms with Crippen molar-refractivity contribution in [2.45, 2.75) is 30.8 Å². The molecule has 5 nitrogen and oxygen atoms in total. The van der Waals surface area contributed by atoms with E-state index in [2.05, 4.69) is 10.6 Å². The van der Waals surface area contributed by atoms with Gasteiger partial charge in [0.05, 0.1) is 6.10 Å². The van der Waals surface area contributed by atoms with Gasteiger partial charge in [-0.1, -0.05) is 60.7 Å². The molecule has 2 aliphatic rings. The standard InChI is InChI=1S/C21H20N2O3S/c24-15-11-16(13-7-3-1-4-8-13)21(18(25)22-20(27)23-19(21)26)17(12-15)14-9-5-2-6-10-14/h1-10,15-17,24H,11-12H2,(H2,22,23,25,26,27)/t15?,16-,17+. The molecule has 0 radical (unpaired) electrons. The second-order valence-corrected chi connectivity index (χ2v) is 7.57. The first-order valence-corrected chi connectivity index (χ1v) is 9.39. The Morgan fingerprint density at radius 1 is 0.815 bits per heavy atom. The number of hydrogen-bond donors (Lipinski definition) is 3. The summed E-state index contributed by atoms with van der Waals surface area (Å²) in [6, 6.07) is 18.9. The van der Waals surface area contributed by atoms with Crippen molar-refractivity contribution in [3.8, 4) is 0 Å². The number of thiocarbonyl (C=S) groups is 1. The molecular formula is C21H20N2O3S. The summed E-state index contributed by atoms with van der Waals surface area (Å²) in [7, 11) is 0. The highest BCUT2D eigenvalue weighted by Crippen LogP contribution is 2.56. The minimum Gasteiger partial charge on any atom is -0.393 e. The van der Waals surface area contributed by atoms with Crippen LogP contribution in [0.1, 0.15) is 35.8 Å². The molecule has 1 spiro atoms. The first kappa shape index (κ1) is 17.8. The van der Waals surface area contributed by atoms with Gasteiger partial charge in [0.25, 0.3) is 0 Å². The van der Waals surface area contributed by atoms with E-state index in [1.807, 2.05) is 60.7 Å². The zero-order valence-electron chi connectivity index (χ0n) is 14.6. The van der Waals surface area contributed by atoms with Crippen molar-refractivity contribution in [3.05, 3.63) is 71.8 Å². The molecule has 27 heavy (non-hydrogen) atoms. The van der Waals surface area contributed by atoms with Gasteiger partial charge in [-0.05, 0) is 36.2 Å². The van der Waals surface area contributed by atoms with Crippen LogP contribution in [-0.2, 0) is 9.59 Å². The minimum atomic E-state index is -1.37. The van der Waals surface area contributed by atoms with Crippen molar-refractivity contribution < 1.29 is 14.7 Å². The molecule has 2 fully saturated rings. The van der Waals surface area contributed by atoms with E-state index in [0.29, 0.717) is 12.8 Å². The Balaban J connectivity index is 1.93. The van der Waals surface area contributed by atoms with Gasteiger partial charge in [0.15, 0.2) is 5.11 Å². The normalized spacial score (nSPS) is 27.1. The molecule has 1 aliphatic heterocycles. The average molecular weight is 380 g/mol. The number of carbonyl (C=O) groups is 2. The SMILES string of the molecule is O=C1NC(=S)NC(=O)C12[C@@H](c1ccccc1)CC(O)C[C@H]2c1ccccc1. The van der Waals surface area contributed by atoms with Crippen LogP contribution in [0.15, 0.2) is 60.7 Å². The lowest BCUT2D eigenvalue weighted by Crippen LogP contribution is -2.67. The van der Waals surface area contributed by atoms with Gasteiger partial charge in [-0.2, -0.15) is 0 Å². The van der Waals surface area contributed by atoms with Crippen LogP contribution in [-0.4, -0.2) is 28.1 Å². The van der Waals surface area contributed by atoms with E-state index in [9.17, 15) is 14.7 Å². The van der Waals surface area contributed by atoms with E-state index in [1.54, 1.807) is 0 Å². The third-order valence-corrected chi connectivity index (χ3v) is 5.93. The Labute approximate surface area is 162 Å². The molecule has 1 saturated heterocycles. The molecule has 3 atom stereocenters. The maximum absolute atomic E-state index is 13.3. The Hall–Kier alpha value is -2.57. The summed E-state index contributed by atoms with van der Waals surface area (Å²) in [6.45, 7) is 0. The number of benzene rings is 2. The van der Waals surface area contributed by atoms with Gasteiger partial charge < -0.3 is 15.7 Å². The van der Waals surface area contributed by atoms with Crippen molar-refractivity contribution in [2.24, 2.45) is 5.41 Å². The van der Waals surface area contributed by atoms with Gasteiger partial charge in [-0.3, -0.25) is 9.59 Å². The first-order chi connectivity index (χ1) is 13.0. The van der Waals surface area contributed by atoms with Crippen LogP contribution in [0.25, 0.3) is 0 Å². The third kappa shape index (κ3) is 2.85. The summed E-state index contributed by atoms with van der Waals surface area (Å²) in [5.74, 6) is -1.72. The van der Waals surface area contributed by atoms with Gasteiger partial charge in [0.2, 0.25) is 11.8 Å². The van der Waals surface area contributed by atoms with Gasteiger partial charge in [-0.25, -0.2) is 0 Å². The fourth-order valence-corrected chi connectivity index (χ4v) is 4.79. The monoisotopic (exact) mass is 380 g/mol. The molecular weight excluding hydrogens is 360 g/mol. The number of aliphatic hydroxyl groups is 1. The molecule has 4 rings (SSSR count). The summed E-state index contributed by atoms with van der Waals surface area (Å²) in [5, 5.41) is 16.0. The molecule has 3 N–H and O–H groups in total. The van der Waals surface area contributed by atoms with Gasteiger partial charge >= 0.3 is 0 Å². The van der Waals surface area contributed by atoms with Crippen LogP contribution < -0.4 is 10.6 Å². The summed E-state index contributed by atoms with van der Waals surface area (Å²) < 4.78 is 0. The predicted octanol–water partition coefficient (Wildman–Crippen LogP) is 2.23. The predicted molar refractivity (Wildman–Crippen MR) is 105 cm³/mol. The number of rotatable bonds is 2. The van der Waals surface area contributed by atoms with Crippen LogP contribution >= 0.6 is 12.2 Å². The molecule has 1 aliphatic carbocycles. The number of aliphatic hydroxyl groups excluding tert-OH is 1. The summed E-state index contributed by atoms with van der Waals surface area (Å²) >= 11 is 5.03. The molecule has 0 aromatic heterocycles. The molecule has 138 valence electrons. The van der Waals surface area contributed by atoms with Crippen LogP contribution in [0.2, 0.25) is 0 Å². The zero-order valence-corrected chi connectivity index (χ0v) is 15.4. The van der Waals surface area contributed by atoms with Gasteiger partial charge in [-0.15, -0.1) is 0 Å². The van der Waals surface area contributed by atoms with E-state index < -0.39 is 35.2 Å². The molecule has 1 unspecified atom stereocenters. The minimum absolute atomic E-state index is 0.0281. The number of carbonyl (C=O) groups excluding carboxylic acids is 2. The zero-order chi connectivity index (χ0) is 19.0. The van der Waals surface area contributed by atoms with Crippen molar-refractivity contribution in [2.75, 3.05) is 0 Å². The summed E-state index contributed by atoms with van der Waals surface area (Å²) in [6.07, 6.45) is 0.0579. The first-order valence-electron chi connectivity index (χ1n) is 8.98. The smallest absolute Gasteiger partial charge is 0.243 e. The van der Waals surface area contributed by atoms with Crippen LogP contribution in [0.3, 0.4) is 0 Å². The lowest BCUT2D eigenvalue weighted by atomic mass is 9.54. The highest BCUT2D eigenvalue weighted by molar-refractivity contribution is 7.80. The number of hydrogen-bond acceptors (Lipinski definition) is 4. The Morgan fingerprint density at radius 3 is 1.63 bits per heavy atom. The van der Waals surface area contributed by atoms with E-state index in [1.165, 1.54) is 0 Å². The lowest BCUT2D eigenvalue weighted by Gasteiger charge is -2.50. The van der Waals surface area contributed by atoms with E-state index >= 15 is 0 Å². The molecule has 1 heterocycles. The molecule has 2 aromatic carbocycles. The third-order valence-electron chi connectivity index (χ3n) is 5.72. The lowest BCUT2D eigenvalue weighted by molar-refractivity contribution is -0.151. The topological polar surface area (TPSA) is 78.4 Å². The molecule has 2 aromatic rings. The van der Waals surface area contributed by atoms with Crippen LogP contribution in [0.5, 0.6) is 0 Å². The Morgan fingerprint density at radius 2 is 1.22 bits per heavy atom. The average Bonchev–Trinajstić information content (AvgIpc) is 2.67. The van der Waals surface area contributed by atoms with Crippen molar-refractivity contribution in [1.82, 2.24) is 10.6 Å². The molecule has 0 bridgehead atoms. The fraction of sp³-hybridized carbons (Fsp3) is 0.286. The summed E-state index contributed by atoms with van der Waals surface area (Å²) in [5.41, 5.74) is 0.343. The number of amides is 2. The Bertz CT molecular complexity index is 813. The van der Waals surface area contributed by atoms with Crippen LogP contribution in [0, 0.1) is 5.41 Å². The van der Waals surface area contributed by atoms with Gasteiger partial charge in [0.1, 0.15) is 5.41 Å². The number of nitrogens with one attached hydrogen (secondary N) is 2. The van der Waals surface area contributed by atoms with Crippen molar-refractivity contribution in [3.63, 3.8) is 0 Å². The highest BCUT2D eigenvalue weighted by Gasteiger charge is 2.62. The summed E-state index contributed by atoms with van der Waals surface area (Å²) in [4.78, 5) is 26.7. The van der Waals surface area contributed by atoms with E-state index in [0.717, 1.165) is 11.1 Å². The largest absolute Gasteiger partial charge is 0.393 e. The molecule has 2 amide bonds. The van der Waals surface area contributed by atoms with E-state index in [-0.39, 0.29) is 5.11 Å². The maximum atomic E-state index is 13.3. The second kappa shape index (κ2) is 6.87. The van der Waals surface area contributed by atoms with E-state index in [4.69, 9.17) is 12.2 Å². The van der Waals surface area contributed by atoms with Gasteiger partial charge in [0, 0.05) is 11.8 Å². The van der Waals surface area contributed by atoms with Crippen molar-refractivity contribution in [1.29, 1.82) is 0 Å². The fourth-order valence-electron chi connectivity index (χ4n) is 4.60. The second-order valence-electron chi connectivity index (χ2n) is 7.16.